The number of carbonyl (C=O) groups excluding carboxylic acids is 1. The first-order valence-corrected chi connectivity index (χ1v) is 7.98. The van der Waals surface area contributed by atoms with Crippen LogP contribution in [-0.4, -0.2) is 50.7 Å². The van der Waals surface area contributed by atoms with E-state index in [-0.39, 0.29) is 5.91 Å². The summed E-state index contributed by atoms with van der Waals surface area (Å²) < 4.78 is 1.66. The molecule has 124 valence electrons. The van der Waals surface area contributed by atoms with Crippen molar-refractivity contribution in [2.45, 2.75) is 39.8 Å². The van der Waals surface area contributed by atoms with Gasteiger partial charge in [-0.05, 0) is 52.0 Å². The highest BCUT2D eigenvalue weighted by Gasteiger charge is 2.13. The fourth-order valence-corrected chi connectivity index (χ4v) is 2.62. The molecule has 2 rings (SSSR count). The van der Waals surface area contributed by atoms with Crippen molar-refractivity contribution in [1.82, 2.24) is 25.0 Å². The van der Waals surface area contributed by atoms with E-state index in [4.69, 9.17) is 0 Å². The van der Waals surface area contributed by atoms with Gasteiger partial charge in [0.2, 0.25) is 0 Å². The molecule has 0 aliphatic heterocycles. The molecule has 0 saturated carbocycles. The molecule has 0 saturated heterocycles. The van der Waals surface area contributed by atoms with Crippen LogP contribution in [0, 0.1) is 0 Å². The largest absolute Gasteiger partial charge is 0.351 e. The molecule has 23 heavy (non-hydrogen) atoms. The van der Waals surface area contributed by atoms with Crippen LogP contribution in [0.25, 0.3) is 5.69 Å². The summed E-state index contributed by atoms with van der Waals surface area (Å²) in [5.74, 6) is -0.0531. The van der Waals surface area contributed by atoms with Crippen LogP contribution in [-0.2, 0) is 0 Å². The highest BCUT2D eigenvalue weighted by Crippen LogP contribution is 2.08. The molecule has 0 unspecified atom stereocenters. The first-order valence-electron chi connectivity index (χ1n) is 7.98. The van der Waals surface area contributed by atoms with Gasteiger partial charge in [-0.2, -0.15) is 5.10 Å². The van der Waals surface area contributed by atoms with Crippen molar-refractivity contribution in [2.75, 3.05) is 13.1 Å². The van der Waals surface area contributed by atoms with E-state index in [1.807, 2.05) is 12.1 Å². The third kappa shape index (κ3) is 4.63. The molecule has 1 N–H and O–H groups in total. The Morgan fingerprint density at radius 1 is 1.17 bits per heavy atom. The fourth-order valence-electron chi connectivity index (χ4n) is 2.62. The van der Waals surface area contributed by atoms with Crippen molar-refractivity contribution in [1.29, 1.82) is 0 Å². The predicted molar refractivity (Wildman–Crippen MR) is 90.7 cm³/mol. The number of amides is 1. The van der Waals surface area contributed by atoms with Crippen LogP contribution < -0.4 is 5.32 Å². The minimum absolute atomic E-state index is 0.0531. The smallest absolute Gasteiger partial charge is 0.251 e. The maximum atomic E-state index is 12.2. The van der Waals surface area contributed by atoms with Crippen molar-refractivity contribution in [2.24, 2.45) is 0 Å². The van der Waals surface area contributed by atoms with Crippen LogP contribution in [0.5, 0.6) is 0 Å². The van der Waals surface area contributed by atoms with Gasteiger partial charge in [-0.15, -0.1) is 0 Å². The van der Waals surface area contributed by atoms with Gasteiger partial charge in [0.1, 0.15) is 12.7 Å². The zero-order valence-electron chi connectivity index (χ0n) is 14.2. The molecule has 1 amide bonds. The quantitative estimate of drug-likeness (QED) is 0.850. The summed E-state index contributed by atoms with van der Waals surface area (Å²) >= 11 is 0. The van der Waals surface area contributed by atoms with Gasteiger partial charge in [0.05, 0.1) is 5.69 Å². The lowest BCUT2D eigenvalue weighted by Crippen LogP contribution is -2.42. The topological polar surface area (TPSA) is 63.1 Å². The van der Waals surface area contributed by atoms with Gasteiger partial charge in [-0.1, -0.05) is 0 Å². The molecule has 1 aromatic heterocycles. The van der Waals surface area contributed by atoms with E-state index >= 15 is 0 Å². The van der Waals surface area contributed by atoms with Crippen LogP contribution in [0.2, 0.25) is 0 Å². The molecular formula is C17H25N5O. The van der Waals surface area contributed by atoms with Crippen LogP contribution in [0.1, 0.15) is 38.1 Å². The van der Waals surface area contributed by atoms with Gasteiger partial charge >= 0.3 is 0 Å². The lowest BCUT2D eigenvalue weighted by atomic mass is 10.2. The highest BCUT2D eigenvalue weighted by atomic mass is 16.1. The number of nitrogens with zero attached hydrogens (tertiary/aromatic N) is 4. The molecule has 0 aliphatic rings. The van der Waals surface area contributed by atoms with Crippen molar-refractivity contribution in [3.63, 3.8) is 0 Å². The molecule has 2 aromatic rings. The number of carbonyl (C=O) groups is 1. The monoisotopic (exact) mass is 315 g/mol. The first-order chi connectivity index (χ1) is 11.0. The Hall–Kier alpha value is -2.21. The fraction of sp³-hybridized carbons (Fsp3) is 0.471. The van der Waals surface area contributed by atoms with E-state index in [1.54, 1.807) is 23.1 Å². The zero-order chi connectivity index (χ0) is 16.8. The van der Waals surface area contributed by atoms with Crippen molar-refractivity contribution in [3.05, 3.63) is 42.5 Å². The Morgan fingerprint density at radius 2 is 1.83 bits per heavy atom. The summed E-state index contributed by atoms with van der Waals surface area (Å²) in [6.45, 7) is 10.2. The van der Waals surface area contributed by atoms with E-state index in [9.17, 15) is 4.79 Å². The summed E-state index contributed by atoms with van der Waals surface area (Å²) in [7, 11) is 0. The molecule has 0 spiro atoms. The van der Waals surface area contributed by atoms with Gasteiger partial charge in [-0.25, -0.2) is 9.67 Å². The van der Waals surface area contributed by atoms with E-state index in [1.165, 1.54) is 6.33 Å². The average molecular weight is 315 g/mol. The van der Waals surface area contributed by atoms with Crippen molar-refractivity contribution >= 4 is 5.91 Å². The van der Waals surface area contributed by atoms with Gasteiger partial charge < -0.3 is 5.32 Å². The summed E-state index contributed by atoms with van der Waals surface area (Å²) in [5, 5.41) is 7.04. The number of nitrogens with one attached hydrogen (secondary N) is 1. The lowest BCUT2D eigenvalue weighted by molar-refractivity contribution is 0.0939. The summed E-state index contributed by atoms with van der Waals surface area (Å²) in [6.07, 6.45) is 3.11. The molecule has 6 nitrogen and oxygen atoms in total. The molecule has 0 atom stereocenters. The molecule has 1 heterocycles. The molecule has 1 aromatic carbocycles. The van der Waals surface area contributed by atoms with Crippen LogP contribution in [0.4, 0.5) is 0 Å². The first kappa shape index (κ1) is 17.1. The second kappa shape index (κ2) is 7.87. The maximum Gasteiger partial charge on any atom is 0.251 e. The molecule has 0 aliphatic carbocycles. The van der Waals surface area contributed by atoms with E-state index in [0.717, 1.165) is 12.2 Å². The lowest BCUT2D eigenvalue weighted by Gasteiger charge is -2.30. The number of aromatic nitrogens is 3. The number of hydrogen-bond donors (Lipinski definition) is 1. The Balaban J connectivity index is 1.88. The molecule has 6 heteroatoms. The minimum Gasteiger partial charge on any atom is -0.351 e. The number of hydrogen-bond acceptors (Lipinski definition) is 4. The summed E-state index contributed by atoms with van der Waals surface area (Å²) in [6, 6.07) is 8.25. The zero-order valence-corrected chi connectivity index (χ0v) is 14.2. The summed E-state index contributed by atoms with van der Waals surface area (Å²) in [5.41, 5.74) is 1.53. The normalized spacial score (nSPS) is 11.4. The van der Waals surface area contributed by atoms with Crippen LogP contribution >= 0.6 is 0 Å². The number of benzene rings is 1. The van der Waals surface area contributed by atoms with Gasteiger partial charge in [-0.3, -0.25) is 9.69 Å². The third-order valence-corrected chi connectivity index (χ3v) is 3.79. The predicted octanol–water partition coefficient (Wildman–Crippen LogP) is 2.12. The molecular weight excluding hydrogens is 290 g/mol. The molecule has 0 bridgehead atoms. The van der Waals surface area contributed by atoms with E-state index < -0.39 is 0 Å². The van der Waals surface area contributed by atoms with E-state index in [2.05, 4.69) is 48.0 Å². The Morgan fingerprint density at radius 3 is 2.35 bits per heavy atom. The standard InChI is InChI=1S/C17H25N5O/c1-13(2)21(14(3)4)10-9-19-17(23)15-5-7-16(8-6-15)22-12-18-11-20-22/h5-8,11-14H,9-10H2,1-4H3,(H,19,23). The van der Waals surface area contributed by atoms with Gasteiger partial charge in [0.25, 0.3) is 5.91 Å². The van der Waals surface area contributed by atoms with E-state index in [0.29, 0.717) is 24.2 Å². The highest BCUT2D eigenvalue weighted by molar-refractivity contribution is 5.94. The second-order valence-electron chi connectivity index (χ2n) is 6.07. The summed E-state index contributed by atoms with van der Waals surface area (Å²) in [4.78, 5) is 18.5. The van der Waals surface area contributed by atoms with Crippen LogP contribution in [0.3, 0.4) is 0 Å². The van der Waals surface area contributed by atoms with Crippen LogP contribution in [0.15, 0.2) is 36.9 Å². The Kier molecular flexibility index (Phi) is 5.87. The van der Waals surface area contributed by atoms with Gasteiger partial charge in [0.15, 0.2) is 0 Å². The third-order valence-electron chi connectivity index (χ3n) is 3.79. The Bertz CT molecular complexity index is 596. The SMILES string of the molecule is CC(C)N(CCNC(=O)c1ccc(-n2cncn2)cc1)C(C)C. The Labute approximate surface area is 137 Å². The number of rotatable bonds is 7. The maximum absolute atomic E-state index is 12.2. The average Bonchev–Trinajstić information content (AvgIpc) is 3.05. The second-order valence-corrected chi connectivity index (χ2v) is 6.07. The van der Waals surface area contributed by atoms with Gasteiger partial charge in [0, 0.05) is 30.7 Å². The van der Waals surface area contributed by atoms with Crippen molar-refractivity contribution < 1.29 is 4.79 Å². The minimum atomic E-state index is -0.0531. The molecule has 0 radical (unpaired) electrons. The molecule has 0 fully saturated rings. The van der Waals surface area contributed by atoms with Crippen molar-refractivity contribution in [3.8, 4) is 5.69 Å².